The van der Waals surface area contributed by atoms with Gasteiger partial charge in [0.15, 0.2) is 0 Å². The number of hydrogen-bond acceptors (Lipinski definition) is 4. The standard InChI is InChI=1S/C16H19NO5S/c1-12(2)8-9-14(16(19)20)15(18)17-23(21,22)11-10-13-6-4-3-5-7-13/h3-8,10-11,14H,9H2,1-2H3,(H,17,18)(H,19,20). The number of rotatable bonds is 7. The minimum absolute atomic E-state index is 0.0680. The van der Waals surface area contributed by atoms with Crippen LogP contribution in [0.5, 0.6) is 0 Å². The summed E-state index contributed by atoms with van der Waals surface area (Å²) in [6, 6.07) is 8.66. The molecule has 2 N–H and O–H groups in total. The number of allylic oxidation sites excluding steroid dienone is 2. The topological polar surface area (TPSA) is 101 Å². The Labute approximate surface area is 135 Å². The number of carboxylic acid groups (broad SMARTS) is 1. The van der Waals surface area contributed by atoms with Gasteiger partial charge < -0.3 is 5.11 Å². The van der Waals surface area contributed by atoms with E-state index in [4.69, 9.17) is 5.11 Å². The van der Waals surface area contributed by atoms with E-state index in [9.17, 15) is 18.0 Å². The molecule has 1 aromatic rings. The van der Waals surface area contributed by atoms with Crippen molar-refractivity contribution in [3.63, 3.8) is 0 Å². The Hall–Kier alpha value is -2.41. The summed E-state index contributed by atoms with van der Waals surface area (Å²) in [4.78, 5) is 23.0. The van der Waals surface area contributed by atoms with Gasteiger partial charge in [0.1, 0.15) is 5.92 Å². The normalized spacial score (nSPS) is 12.6. The van der Waals surface area contributed by atoms with Crippen molar-refractivity contribution < 1.29 is 23.1 Å². The molecule has 0 aliphatic rings. The van der Waals surface area contributed by atoms with Gasteiger partial charge in [-0.25, -0.2) is 13.1 Å². The van der Waals surface area contributed by atoms with Crippen molar-refractivity contribution in [1.82, 2.24) is 4.72 Å². The highest BCUT2D eigenvalue weighted by Crippen LogP contribution is 2.09. The van der Waals surface area contributed by atoms with Crippen molar-refractivity contribution in [1.29, 1.82) is 0 Å². The van der Waals surface area contributed by atoms with Crippen LogP contribution in [0.15, 0.2) is 47.4 Å². The molecule has 0 aromatic heterocycles. The average Bonchev–Trinajstić information content (AvgIpc) is 2.45. The molecule has 0 aliphatic carbocycles. The lowest BCUT2D eigenvalue weighted by atomic mass is 10.0. The summed E-state index contributed by atoms with van der Waals surface area (Å²) < 4.78 is 25.5. The fourth-order valence-electron chi connectivity index (χ4n) is 1.65. The number of aliphatic carboxylic acids is 1. The summed E-state index contributed by atoms with van der Waals surface area (Å²) >= 11 is 0. The van der Waals surface area contributed by atoms with Crippen LogP contribution >= 0.6 is 0 Å². The van der Waals surface area contributed by atoms with Gasteiger partial charge in [-0.15, -0.1) is 0 Å². The fourth-order valence-corrected chi connectivity index (χ4v) is 2.48. The predicted octanol–water partition coefficient (Wildman–Crippen LogP) is 2.16. The molecule has 0 radical (unpaired) electrons. The van der Waals surface area contributed by atoms with Crippen LogP contribution in [-0.2, 0) is 19.6 Å². The monoisotopic (exact) mass is 337 g/mol. The quantitative estimate of drug-likeness (QED) is 0.586. The van der Waals surface area contributed by atoms with E-state index in [0.29, 0.717) is 5.56 Å². The lowest BCUT2D eigenvalue weighted by molar-refractivity contribution is -0.146. The summed E-state index contributed by atoms with van der Waals surface area (Å²) in [7, 11) is -4.06. The molecule has 0 bridgehead atoms. The molecule has 0 fully saturated rings. The summed E-state index contributed by atoms with van der Waals surface area (Å²) in [5.41, 5.74) is 1.49. The Morgan fingerprint density at radius 1 is 1.22 bits per heavy atom. The number of hydrogen-bond donors (Lipinski definition) is 2. The highest BCUT2D eigenvalue weighted by atomic mass is 32.2. The highest BCUT2D eigenvalue weighted by molar-refractivity contribution is 7.93. The number of nitrogens with one attached hydrogen (secondary N) is 1. The molecule has 0 heterocycles. The van der Waals surface area contributed by atoms with Gasteiger partial charge in [-0.1, -0.05) is 42.0 Å². The van der Waals surface area contributed by atoms with Crippen molar-refractivity contribution in [2.75, 3.05) is 0 Å². The summed E-state index contributed by atoms with van der Waals surface area (Å²) in [5, 5.41) is 9.89. The van der Waals surface area contributed by atoms with Gasteiger partial charge >= 0.3 is 5.97 Å². The second-order valence-electron chi connectivity index (χ2n) is 5.13. The van der Waals surface area contributed by atoms with Crippen LogP contribution in [0.1, 0.15) is 25.8 Å². The first-order valence-electron chi connectivity index (χ1n) is 6.87. The van der Waals surface area contributed by atoms with Gasteiger partial charge in [-0.3, -0.25) is 9.59 Å². The first-order chi connectivity index (χ1) is 10.7. The van der Waals surface area contributed by atoms with Crippen LogP contribution in [-0.4, -0.2) is 25.4 Å². The third-order valence-electron chi connectivity index (χ3n) is 2.86. The number of carbonyl (C=O) groups is 2. The zero-order chi connectivity index (χ0) is 17.5. The summed E-state index contributed by atoms with van der Waals surface area (Å²) in [6.07, 6.45) is 2.83. The second-order valence-corrected chi connectivity index (χ2v) is 6.70. The first-order valence-corrected chi connectivity index (χ1v) is 8.42. The van der Waals surface area contributed by atoms with Crippen molar-refractivity contribution in [3.8, 4) is 0 Å². The van der Waals surface area contributed by atoms with Crippen molar-refractivity contribution in [3.05, 3.63) is 53.0 Å². The van der Waals surface area contributed by atoms with E-state index in [1.807, 2.05) is 0 Å². The molecular weight excluding hydrogens is 318 g/mol. The number of carboxylic acids is 1. The van der Waals surface area contributed by atoms with E-state index in [2.05, 4.69) is 0 Å². The molecule has 0 saturated heterocycles. The molecule has 1 aromatic carbocycles. The molecule has 0 spiro atoms. The first kappa shape index (κ1) is 18.6. The molecule has 0 saturated carbocycles. The third-order valence-corrected chi connectivity index (χ3v) is 3.84. The Morgan fingerprint density at radius 2 is 1.83 bits per heavy atom. The minimum Gasteiger partial charge on any atom is -0.481 e. The zero-order valence-electron chi connectivity index (χ0n) is 12.9. The Bertz CT molecular complexity index is 716. The van der Waals surface area contributed by atoms with E-state index in [-0.39, 0.29) is 6.42 Å². The second kappa shape index (κ2) is 8.28. The fraction of sp³-hybridized carbons (Fsp3) is 0.250. The lowest BCUT2D eigenvalue weighted by Crippen LogP contribution is -2.38. The van der Waals surface area contributed by atoms with Crippen LogP contribution < -0.4 is 4.72 Å². The van der Waals surface area contributed by atoms with Crippen LogP contribution in [0, 0.1) is 5.92 Å². The Kier molecular flexibility index (Phi) is 6.71. The maximum atomic E-state index is 11.9. The van der Waals surface area contributed by atoms with Gasteiger partial charge in [0, 0.05) is 0 Å². The SMILES string of the molecule is CC(C)=CCC(C(=O)O)C(=O)NS(=O)(=O)C=Cc1ccccc1. The van der Waals surface area contributed by atoms with Crippen molar-refractivity contribution in [2.24, 2.45) is 5.92 Å². The molecule has 1 amide bonds. The van der Waals surface area contributed by atoms with Gasteiger partial charge in [0.25, 0.3) is 10.0 Å². The predicted molar refractivity (Wildman–Crippen MR) is 87.7 cm³/mol. The minimum atomic E-state index is -4.06. The molecule has 23 heavy (non-hydrogen) atoms. The summed E-state index contributed by atoms with van der Waals surface area (Å²) in [5.74, 6) is -3.89. The molecule has 0 aliphatic heterocycles. The average molecular weight is 337 g/mol. The molecule has 1 unspecified atom stereocenters. The smallest absolute Gasteiger partial charge is 0.316 e. The van der Waals surface area contributed by atoms with Crippen molar-refractivity contribution in [2.45, 2.75) is 20.3 Å². The Morgan fingerprint density at radius 3 is 2.35 bits per heavy atom. The van der Waals surface area contributed by atoms with Crippen LogP contribution in [0.2, 0.25) is 0 Å². The van der Waals surface area contributed by atoms with E-state index >= 15 is 0 Å². The van der Waals surface area contributed by atoms with E-state index in [0.717, 1.165) is 11.0 Å². The Balaban J connectivity index is 2.82. The highest BCUT2D eigenvalue weighted by Gasteiger charge is 2.27. The molecule has 6 nitrogen and oxygen atoms in total. The van der Waals surface area contributed by atoms with Gasteiger partial charge in [0.05, 0.1) is 5.41 Å². The number of amides is 1. The largest absolute Gasteiger partial charge is 0.481 e. The zero-order valence-corrected chi connectivity index (χ0v) is 13.7. The van der Waals surface area contributed by atoms with E-state index < -0.39 is 27.8 Å². The van der Waals surface area contributed by atoms with E-state index in [1.165, 1.54) is 6.08 Å². The maximum Gasteiger partial charge on any atom is 0.316 e. The molecular formula is C16H19NO5S. The molecule has 124 valence electrons. The molecule has 1 atom stereocenters. The van der Waals surface area contributed by atoms with Gasteiger partial charge in [0.2, 0.25) is 5.91 Å². The van der Waals surface area contributed by atoms with Crippen molar-refractivity contribution >= 4 is 28.0 Å². The summed E-state index contributed by atoms with van der Waals surface area (Å²) in [6.45, 7) is 3.52. The number of carbonyl (C=O) groups excluding carboxylic acids is 1. The van der Waals surface area contributed by atoms with E-state index in [1.54, 1.807) is 55.0 Å². The maximum absolute atomic E-state index is 11.9. The molecule has 7 heteroatoms. The number of sulfonamides is 1. The number of benzene rings is 1. The lowest BCUT2D eigenvalue weighted by Gasteiger charge is -2.10. The molecule has 1 rings (SSSR count). The van der Waals surface area contributed by atoms with Crippen LogP contribution in [0.3, 0.4) is 0 Å². The third kappa shape index (κ3) is 6.92. The van der Waals surface area contributed by atoms with Crippen LogP contribution in [0.4, 0.5) is 0 Å². The van der Waals surface area contributed by atoms with Gasteiger partial charge in [-0.05, 0) is 31.9 Å². The van der Waals surface area contributed by atoms with Crippen LogP contribution in [0.25, 0.3) is 6.08 Å². The van der Waals surface area contributed by atoms with Gasteiger partial charge in [-0.2, -0.15) is 0 Å².